The molecule has 3 aromatic heterocycles. The van der Waals surface area contributed by atoms with E-state index in [4.69, 9.17) is 10.2 Å². The van der Waals surface area contributed by atoms with Crippen molar-refractivity contribution < 1.29 is 27.2 Å². The maximum Gasteiger partial charge on any atom is 0.420 e. The lowest BCUT2D eigenvalue weighted by molar-refractivity contribution is -0.136. The Balaban J connectivity index is 1.35. The van der Waals surface area contributed by atoms with Gasteiger partial charge in [-0.05, 0) is 54.1 Å². The highest BCUT2D eigenvalue weighted by Gasteiger charge is 2.35. The molecule has 9 nitrogen and oxygen atoms in total. The first-order valence-corrected chi connectivity index (χ1v) is 12.4. The summed E-state index contributed by atoms with van der Waals surface area (Å²) in [6, 6.07) is 10.3. The second-order valence-corrected chi connectivity index (χ2v) is 9.19. The molecule has 0 atom stereocenters. The van der Waals surface area contributed by atoms with Crippen molar-refractivity contribution in [2.75, 3.05) is 31.9 Å². The van der Waals surface area contributed by atoms with E-state index < -0.39 is 17.6 Å². The minimum Gasteiger partial charge on any atom is -0.459 e. The molecular formula is C28H25F3N6O3. The molecule has 4 N–H and O–H groups in total. The zero-order valence-corrected chi connectivity index (χ0v) is 21.2. The minimum absolute atomic E-state index is 0.119. The van der Waals surface area contributed by atoms with E-state index in [1.165, 1.54) is 42.7 Å². The van der Waals surface area contributed by atoms with Gasteiger partial charge in [0.05, 0.1) is 23.4 Å². The van der Waals surface area contributed by atoms with Crippen molar-refractivity contribution in [1.29, 1.82) is 0 Å². The van der Waals surface area contributed by atoms with Crippen LogP contribution in [-0.2, 0) is 17.5 Å². The number of aromatic nitrogens is 2. The lowest BCUT2D eigenvalue weighted by Gasteiger charge is -2.27. The number of nitrogens with zero attached hydrogens (tertiary/aromatic N) is 3. The third-order valence-electron chi connectivity index (χ3n) is 6.36. The van der Waals surface area contributed by atoms with Crippen molar-refractivity contribution >= 4 is 34.7 Å². The topological polar surface area (TPSA) is 126 Å². The molecule has 5 rings (SSSR count). The first kappa shape index (κ1) is 26.9. The molecule has 0 bridgehead atoms. The van der Waals surface area contributed by atoms with Gasteiger partial charge >= 0.3 is 6.18 Å². The number of nitrogens with two attached hydrogens (primary N) is 1. The first-order valence-electron chi connectivity index (χ1n) is 12.4. The number of carbonyl (C=O) groups is 2. The summed E-state index contributed by atoms with van der Waals surface area (Å²) in [6.45, 7) is 2.43. The molecule has 1 fully saturated rings. The van der Waals surface area contributed by atoms with E-state index in [2.05, 4.69) is 20.6 Å². The van der Waals surface area contributed by atoms with Crippen LogP contribution in [0.5, 0.6) is 0 Å². The van der Waals surface area contributed by atoms with Gasteiger partial charge in [-0.15, -0.1) is 0 Å². The number of fused-ring (bicyclic) bond motifs is 1. The Morgan fingerprint density at radius 2 is 1.88 bits per heavy atom. The Kier molecular flexibility index (Phi) is 7.52. The Morgan fingerprint density at radius 1 is 1.07 bits per heavy atom. The standard InChI is InChI=1S/C28H25F3N6O3/c29-28(30,31)22-13-19(23-4-3-18(15-34-23)27(39)37-9-7-33-8-10-37)11-20-12-21(40-26(20)22)16-36-25(38)6-2-17-1-5-24(32)35-14-17/h1-6,11-15,33H,7-10,16H2,(H2,32,35)(H,36,38). The Morgan fingerprint density at radius 3 is 2.55 bits per heavy atom. The van der Waals surface area contributed by atoms with E-state index in [1.54, 1.807) is 23.1 Å². The van der Waals surface area contributed by atoms with Crippen LogP contribution >= 0.6 is 0 Å². The number of nitrogens with one attached hydrogen (secondary N) is 2. The van der Waals surface area contributed by atoms with Crippen LogP contribution in [0.2, 0.25) is 0 Å². The molecule has 4 heterocycles. The van der Waals surface area contributed by atoms with Crippen LogP contribution in [0.15, 0.2) is 65.4 Å². The highest BCUT2D eigenvalue weighted by molar-refractivity contribution is 5.94. The van der Waals surface area contributed by atoms with Gasteiger partial charge in [0, 0.05) is 55.6 Å². The number of furan rings is 1. The fourth-order valence-corrected chi connectivity index (χ4v) is 4.31. The molecule has 1 aromatic carbocycles. The average molecular weight is 551 g/mol. The van der Waals surface area contributed by atoms with Gasteiger partial charge in [-0.1, -0.05) is 0 Å². The van der Waals surface area contributed by atoms with Crippen LogP contribution in [0, 0.1) is 0 Å². The van der Waals surface area contributed by atoms with Crippen molar-refractivity contribution in [3.05, 3.63) is 83.4 Å². The molecule has 0 spiro atoms. The number of rotatable bonds is 6. The normalized spacial score (nSPS) is 14.1. The number of amides is 2. The van der Waals surface area contributed by atoms with Crippen molar-refractivity contribution in [1.82, 2.24) is 25.5 Å². The Labute approximate surface area is 226 Å². The molecule has 1 saturated heterocycles. The van der Waals surface area contributed by atoms with E-state index in [1.807, 2.05) is 0 Å². The van der Waals surface area contributed by atoms with E-state index in [0.29, 0.717) is 43.1 Å². The van der Waals surface area contributed by atoms with Crippen LogP contribution in [0.25, 0.3) is 28.3 Å². The predicted octanol–water partition coefficient (Wildman–Crippen LogP) is 3.87. The summed E-state index contributed by atoms with van der Waals surface area (Å²) in [6.07, 6.45) is 0.991. The molecule has 0 radical (unpaired) electrons. The number of piperazine rings is 1. The highest BCUT2D eigenvalue weighted by Crippen LogP contribution is 2.39. The van der Waals surface area contributed by atoms with Gasteiger partial charge in [-0.3, -0.25) is 14.6 Å². The van der Waals surface area contributed by atoms with Crippen molar-refractivity contribution in [2.45, 2.75) is 12.7 Å². The quantitative estimate of drug-likeness (QED) is 0.311. The zero-order valence-electron chi connectivity index (χ0n) is 21.2. The summed E-state index contributed by atoms with van der Waals surface area (Å²) in [5.41, 5.74) is 5.76. The van der Waals surface area contributed by atoms with E-state index in [0.717, 1.165) is 6.07 Å². The molecule has 0 saturated carbocycles. The van der Waals surface area contributed by atoms with Gasteiger partial charge < -0.3 is 25.7 Å². The molecule has 12 heteroatoms. The molecular weight excluding hydrogens is 525 g/mol. The fraction of sp³-hybridized carbons (Fsp3) is 0.214. The molecule has 4 aromatic rings. The molecule has 1 aliphatic heterocycles. The second kappa shape index (κ2) is 11.2. The second-order valence-electron chi connectivity index (χ2n) is 9.19. The summed E-state index contributed by atoms with van der Waals surface area (Å²) in [7, 11) is 0. The predicted molar refractivity (Wildman–Crippen MR) is 143 cm³/mol. The van der Waals surface area contributed by atoms with Crippen LogP contribution in [0.1, 0.15) is 27.2 Å². The van der Waals surface area contributed by atoms with Gasteiger partial charge in [0.25, 0.3) is 5.91 Å². The number of hydrogen-bond acceptors (Lipinski definition) is 7. The SMILES string of the molecule is Nc1ccc(C=CC(=O)NCc2cc3cc(-c4ccc(C(=O)N5CCNCC5)cn4)cc(C(F)(F)F)c3o2)cn1. The van der Waals surface area contributed by atoms with E-state index >= 15 is 0 Å². The van der Waals surface area contributed by atoms with Crippen LogP contribution in [0.3, 0.4) is 0 Å². The average Bonchev–Trinajstić information content (AvgIpc) is 3.38. The lowest BCUT2D eigenvalue weighted by atomic mass is 10.0. The molecule has 2 amide bonds. The number of anilines is 1. The van der Waals surface area contributed by atoms with Gasteiger partial charge in [0.15, 0.2) is 0 Å². The van der Waals surface area contributed by atoms with Crippen molar-refractivity contribution in [3.8, 4) is 11.3 Å². The number of nitrogen functional groups attached to an aromatic ring is 1. The maximum absolute atomic E-state index is 14.0. The van der Waals surface area contributed by atoms with E-state index in [9.17, 15) is 22.8 Å². The van der Waals surface area contributed by atoms with Crippen LogP contribution in [-0.4, -0.2) is 52.9 Å². The van der Waals surface area contributed by atoms with Crippen LogP contribution in [0.4, 0.5) is 19.0 Å². The molecule has 0 unspecified atom stereocenters. The lowest BCUT2D eigenvalue weighted by Crippen LogP contribution is -2.46. The molecule has 206 valence electrons. The first-order chi connectivity index (χ1) is 19.2. The van der Waals surface area contributed by atoms with Crippen molar-refractivity contribution in [2.24, 2.45) is 0 Å². The number of halogens is 3. The number of carbonyl (C=O) groups excluding carboxylic acids is 2. The van der Waals surface area contributed by atoms with Gasteiger partial charge in [-0.2, -0.15) is 13.2 Å². The largest absolute Gasteiger partial charge is 0.459 e. The number of benzene rings is 1. The van der Waals surface area contributed by atoms with Gasteiger partial charge in [0.2, 0.25) is 5.91 Å². The monoisotopic (exact) mass is 550 g/mol. The maximum atomic E-state index is 14.0. The third kappa shape index (κ3) is 6.12. The number of hydrogen-bond donors (Lipinski definition) is 3. The highest BCUT2D eigenvalue weighted by atomic mass is 19.4. The van der Waals surface area contributed by atoms with Crippen molar-refractivity contribution in [3.63, 3.8) is 0 Å². The third-order valence-corrected chi connectivity index (χ3v) is 6.36. The van der Waals surface area contributed by atoms with Crippen LogP contribution < -0.4 is 16.4 Å². The Bertz CT molecular complexity index is 1560. The molecule has 0 aliphatic carbocycles. The molecule has 1 aliphatic rings. The van der Waals surface area contributed by atoms with Gasteiger partial charge in [0.1, 0.15) is 17.2 Å². The summed E-state index contributed by atoms with van der Waals surface area (Å²) < 4.78 is 47.4. The molecule has 40 heavy (non-hydrogen) atoms. The fourth-order valence-electron chi connectivity index (χ4n) is 4.31. The summed E-state index contributed by atoms with van der Waals surface area (Å²) in [5.74, 6) is -0.137. The summed E-state index contributed by atoms with van der Waals surface area (Å²) >= 11 is 0. The van der Waals surface area contributed by atoms with E-state index in [-0.39, 0.29) is 40.4 Å². The summed E-state index contributed by atoms with van der Waals surface area (Å²) in [5, 5.41) is 5.97. The summed E-state index contributed by atoms with van der Waals surface area (Å²) in [4.78, 5) is 34.8. The smallest absolute Gasteiger partial charge is 0.420 e. The minimum atomic E-state index is -4.69. The zero-order chi connectivity index (χ0) is 28.3. The van der Waals surface area contributed by atoms with Gasteiger partial charge in [-0.25, -0.2) is 4.98 Å². The number of pyridine rings is 2. The number of alkyl halides is 3. The Hall–Kier alpha value is -4.71.